The van der Waals surface area contributed by atoms with Crippen LogP contribution in [0.25, 0.3) is 0 Å². The van der Waals surface area contributed by atoms with Gasteiger partial charge in [0.1, 0.15) is 0 Å². The number of nitrogens with one attached hydrogen (secondary N) is 1. The molecule has 0 amide bonds. The minimum atomic E-state index is -2.65. The summed E-state index contributed by atoms with van der Waals surface area (Å²) in [5.74, 6) is 0. The topological polar surface area (TPSA) is 44.7 Å². The van der Waals surface area contributed by atoms with Gasteiger partial charge in [-0.15, -0.1) is 0 Å². The molecule has 0 heterocycles. The average molecular weight is 299 g/mol. The van der Waals surface area contributed by atoms with Crippen LogP contribution >= 0.6 is 18.0 Å². The lowest BCUT2D eigenvalue weighted by molar-refractivity contribution is 0.551. The summed E-state index contributed by atoms with van der Waals surface area (Å²) in [6.45, 7) is 1.52. The van der Waals surface area contributed by atoms with Gasteiger partial charge in [0.2, 0.25) is 0 Å². The number of hydrogen-bond donors (Lipinski definition) is 1. The Morgan fingerprint density at radius 2 is 2.11 bits per heavy atom. The second kappa shape index (κ2) is 7.73. The van der Waals surface area contributed by atoms with Crippen molar-refractivity contribution in [2.45, 2.75) is 25.5 Å². The van der Waals surface area contributed by atoms with Crippen molar-refractivity contribution in [1.29, 1.82) is 0 Å². The number of aliphatic imine (C=N–C) groups is 1. The molecular formula is C13H22N3OPS. The Kier molecular flexibility index (Phi) is 6.63. The van der Waals surface area contributed by atoms with Gasteiger partial charge in [0.05, 0.1) is 12.0 Å². The van der Waals surface area contributed by atoms with Crippen LogP contribution in [0.4, 0.5) is 5.69 Å². The van der Waals surface area contributed by atoms with Gasteiger partial charge in [-0.2, -0.15) is 0 Å². The molecule has 0 spiro atoms. The highest BCUT2D eigenvalue weighted by atomic mass is 32.7. The highest BCUT2D eigenvalue weighted by Gasteiger charge is 2.27. The van der Waals surface area contributed by atoms with E-state index in [4.69, 9.17) is 0 Å². The van der Waals surface area contributed by atoms with Gasteiger partial charge in [-0.1, -0.05) is 43.4 Å². The average Bonchev–Trinajstić information content (AvgIpc) is 2.45. The number of benzene rings is 1. The van der Waals surface area contributed by atoms with Gasteiger partial charge in [-0.3, -0.25) is 9.24 Å². The Balaban J connectivity index is 2.76. The lowest BCUT2D eigenvalue weighted by Gasteiger charge is -2.26. The fourth-order valence-electron chi connectivity index (χ4n) is 1.34. The third-order valence-electron chi connectivity index (χ3n) is 2.73. The molecule has 6 heteroatoms. The predicted octanol–water partition coefficient (Wildman–Crippen LogP) is 4.14. The predicted molar refractivity (Wildman–Crippen MR) is 86.4 cm³/mol. The summed E-state index contributed by atoms with van der Waals surface area (Å²) < 4.78 is 14.4. The van der Waals surface area contributed by atoms with E-state index in [1.165, 1.54) is 11.4 Å². The molecule has 2 unspecified atom stereocenters. The minimum Gasteiger partial charge on any atom is -0.297 e. The monoisotopic (exact) mass is 299 g/mol. The number of rotatable bonds is 7. The molecule has 19 heavy (non-hydrogen) atoms. The summed E-state index contributed by atoms with van der Waals surface area (Å²) in [6.07, 6.45) is 2.61. The van der Waals surface area contributed by atoms with Crippen molar-refractivity contribution in [2.75, 3.05) is 14.1 Å². The minimum absolute atomic E-state index is 0.339. The molecule has 0 saturated carbocycles. The van der Waals surface area contributed by atoms with E-state index in [0.717, 1.165) is 12.1 Å². The van der Waals surface area contributed by atoms with Crippen molar-refractivity contribution >= 4 is 30.1 Å². The Bertz CT molecular complexity index is 452. The zero-order valence-electron chi connectivity index (χ0n) is 11.9. The van der Waals surface area contributed by atoms with Gasteiger partial charge in [0.25, 0.3) is 6.65 Å². The largest absolute Gasteiger partial charge is 0.297 e. The van der Waals surface area contributed by atoms with Crippen molar-refractivity contribution in [3.8, 4) is 0 Å². The van der Waals surface area contributed by atoms with Crippen LogP contribution in [-0.2, 0) is 4.57 Å². The molecule has 4 nitrogen and oxygen atoms in total. The van der Waals surface area contributed by atoms with E-state index < -0.39 is 6.65 Å². The summed E-state index contributed by atoms with van der Waals surface area (Å²) in [5, 5.41) is 3.27. The van der Waals surface area contributed by atoms with E-state index in [1.807, 2.05) is 30.3 Å². The Labute approximate surface area is 119 Å². The van der Waals surface area contributed by atoms with Crippen LogP contribution < -0.4 is 5.09 Å². The molecule has 0 aliphatic heterocycles. The van der Waals surface area contributed by atoms with Crippen LogP contribution in [0.5, 0.6) is 0 Å². The molecule has 0 aromatic heterocycles. The molecule has 1 aromatic rings. The highest BCUT2D eigenvalue weighted by Crippen LogP contribution is 2.58. The Morgan fingerprint density at radius 1 is 1.47 bits per heavy atom. The zero-order valence-corrected chi connectivity index (χ0v) is 13.6. The maximum absolute atomic E-state index is 12.8. The van der Waals surface area contributed by atoms with E-state index in [9.17, 15) is 4.57 Å². The molecule has 1 rings (SSSR count). The van der Waals surface area contributed by atoms with Crippen molar-refractivity contribution in [3.63, 3.8) is 0 Å². The molecule has 0 bridgehead atoms. The van der Waals surface area contributed by atoms with Gasteiger partial charge < -0.3 is 0 Å². The maximum atomic E-state index is 12.8. The van der Waals surface area contributed by atoms with E-state index in [1.54, 1.807) is 25.1 Å². The molecule has 2 atom stereocenters. The van der Waals surface area contributed by atoms with Crippen LogP contribution in [0.1, 0.15) is 20.3 Å². The van der Waals surface area contributed by atoms with E-state index in [2.05, 4.69) is 23.9 Å². The standard InChI is InChI=1S/C13H22N3OPS/c1-5-12(2)19-18(17,14-3)16(4)11-15-13-9-7-6-8-10-13/h6-12H,5H2,1-4H3,(H,14,17). The van der Waals surface area contributed by atoms with Gasteiger partial charge in [0.15, 0.2) is 0 Å². The molecule has 0 radical (unpaired) electrons. The molecule has 0 aliphatic carbocycles. The summed E-state index contributed by atoms with van der Waals surface area (Å²) >= 11 is 1.47. The summed E-state index contributed by atoms with van der Waals surface area (Å²) in [6, 6.07) is 9.63. The lowest BCUT2D eigenvalue weighted by atomic mass is 10.3. The number of nitrogens with zero attached hydrogens (tertiary/aromatic N) is 2. The van der Waals surface area contributed by atoms with Crippen LogP contribution in [0, 0.1) is 0 Å². The summed E-state index contributed by atoms with van der Waals surface area (Å²) in [4.78, 5) is 4.33. The lowest BCUT2D eigenvalue weighted by Crippen LogP contribution is -2.20. The first-order valence-electron chi connectivity index (χ1n) is 6.32. The van der Waals surface area contributed by atoms with Gasteiger partial charge in [0, 0.05) is 12.3 Å². The molecule has 1 N–H and O–H groups in total. The first-order chi connectivity index (χ1) is 9.01. The van der Waals surface area contributed by atoms with Crippen molar-refractivity contribution in [1.82, 2.24) is 9.76 Å². The van der Waals surface area contributed by atoms with Crippen molar-refractivity contribution in [3.05, 3.63) is 30.3 Å². The van der Waals surface area contributed by atoms with Crippen LogP contribution in [-0.4, -0.2) is 30.4 Å². The first kappa shape index (κ1) is 16.3. The molecule has 1 aromatic carbocycles. The Morgan fingerprint density at radius 3 is 2.63 bits per heavy atom. The molecule has 0 aliphatic rings. The molecule has 106 valence electrons. The van der Waals surface area contributed by atoms with E-state index in [-0.39, 0.29) is 0 Å². The third kappa shape index (κ3) is 5.01. The van der Waals surface area contributed by atoms with Gasteiger partial charge in [-0.25, -0.2) is 10.1 Å². The number of hydrogen-bond acceptors (Lipinski definition) is 3. The van der Waals surface area contributed by atoms with Crippen LogP contribution in [0.3, 0.4) is 0 Å². The fourth-order valence-corrected chi connectivity index (χ4v) is 5.53. The van der Waals surface area contributed by atoms with Gasteiger partial charge in [-0.05, 0) is 25.6 Å². The molecule has 0 fully saturated rings. The van der Waals surface area contributed by atoms with Crippen molar-refractivity contribution in [2.24, 2.45) is 4.99 Å². The van der Waals surface area contributed by atoms with E-state index >= 15 is 0 Å². The molecule has 0 saturated heterocycles. The summed E-state index contributed by atoms with van der Waals surface area (Å²) in [5.41, 5.74) is 0.852. The van der Waals surface area contributed by atoms with Crippen molar-refractivity contribution < 1.29 is 4.57 Å². The smallest absolute Gasteiger partial charge is 0.293 e. The zero-order chi connectivity index (χ0) is 14.3. The first-order valence-corrected chi connectivity index (χ1v) is 9.46. The van der Waals surface area contributed by atoms with Crippen LogP contribution in [0.15, 0.2) is 35.3 Å². The Hall–Kier alpha value is -0.770. The quantitative estimate of drug-likeness (QED) is 0.467. The van der Waals surface area contributed by atoms with Crippen LogP contribution in [0.2, 0.25) is 0 Å². The molecular weight excluding hydrogens is 277 g/mol. The SMILES string of the molecule is CCC(C)SP(=O)(NC)N(C)C=Nc1ccccc1. The third-order valence-corrected chi connectivity index (χ3v) is 8.46. The van der Waals surface area contributed by atoms with E-state index in [0.29, 0.717) is 5.25 Å². The summed E-state index contributed by atoms with van der Waals surface area (Å²) in [7, 11) is 3.52. The normalized spacial score (nSPS) is 16.2. The number of para-hydroxylation sites is 1. The fraction of sp³-hybridized carbons (Fsp3) is 0.462. The second-order valence-corrected chi connectivity index (χ2v) is 9.47. The highest BCUT2D eigenvalue weighted by molar-refractivity contribution is 8.57. The van der Waals surface area contributed by atoms with Gasteiger partial charge >= 0.3 is 0 Å². The second-order valence-electron chi connectivity index (χ2n) is 4.22. The maximum Gasteiger partial charge on any atom is 0.293 e.